The minimum absolute atomic E-state index is 0.166. The molecule has 94 valence electrons. The molecule has 0 heterocycles. The van der Waals surface area contributed by atoms with Gasteiger partial charge in [0.2, 0.25) is 0 Å². The number of halogens is 1. The second kappa shape index (κ2) is 6.47. The summed E-state index contributed by atoms with van der Waals surface area (Å²) in [6, 6.07) is 5.40. The van der Waals surface area contributed by atoms with E-state index in [9.17, 15) is 4.79 Å². The molecular weight excluding hydrogens is 240 g/mol. The topological polar surface area (TPSA) is 50.4 Å². The van der Waals surface area contributed by atoms with E-state index in [-0.39, 0.29) is 5.91 Å². The molecular formula is C12H17ClN2O2. The van der Waals surface area contributed by atoms with Crippen molar-refractivity contribution in [2.75, 3.05) is 14.1 Å². The van der Waals surface area contributed by atoms with Crippen molar-refractivity contribution in [3.05, 3.63) is 28.8 Å². The van der Waals surface area contributed by atoms with Crippen LogP contribution >= 0.6 is 11.6 Å². The van der Waals surface area contributed by atoms with Crippen LogP contribution in [0.25, 0.3) is 0 Å². The summed E-state index contributed by atoms with van der Waals surface area (Å²) < 4.78 is 5.60. The third-order valence-electron chi connectivity index (χ3n) is 2.35. The standard InChI is InChI=1S/C12H17ClN2O2/c1-8(12(16)15-3)17-11-6-4-5-10(13)9(11)7-14-2/h4-6,8,14H,7H2,1-3H3,(H,15,16). The first-order valence-electron chi connectivity index (χ1n) is 5.40. The van der Waals surface area contributed by atoms with E-state index in [1.807, 2.05) is 7.05 Å². The highest BCUT2D eigenvalue weighted by Crippen LogP contribution is 2.27. The van der Waals surface area contributed by atoms with Crippen molar-refractivity contribution in [2.45, 2.75) is 19.6 Å². The highest BCUT2D eigenvalue weighted by atomic mass is 35.5. The van der Waals surface area contributed by atoms with Crippen molar-refractivity contribution in [3.8, 4) is 5.75 Å². The number of nitrogens with one attached hydrogen (secondary N) is 2. The first-order valence-corrected chi connectivity index (χ1v) is 5.78. The molecule has 0 aliphatic rings. The molecule has 0 saturated heterocycles. The molecule has 0 aliphatic heterocycles. The quantitative estimate of drug-likeness (QED) is 0.841. The smallest absolute Gasteiger partial charge is 0.260 e. The Kier molecular flexibility index (Phi) is 5.25. The van der Waals surface area contributed by atoms with Crippen molar-refractivity contribution in [1.82, 2.24) is 10.6 Å². The molecule has 0 aliphatic carbocycles. The van der Waals surface area contributed by atoms with Crippen LogP contribution in [0.5, 0.6) is 5.75 Å². The monoisotopic (exact) mass is 256 g/mol. The maximum atomic E-state index is 11.4. The fourth-order valence-electron chi connectivity index (χ4n) is 1.44. The van der Waals surface area contributed by atoms with Crippen LogP contribution in [-0.2, 0) is 11.3 Å². The second-order valence-corrected chi connectivity index (χ2v) is 4.03. The average Bonchev–Trinajstić information content (AvgIpc) is 2.32. The number of ether oxygens (including phenoxy) is 1. The zero-order valence-electron chi connectivity index (χ0n) is 10.2. The third-order valence-corrected chi connectivity index (χ3v) is 2.70. The molecule has 1 unspecified atom stereocenters. The first kappa shape index (κ1) is 13.8. The zero-order valence-corrected chi connectivity index (χ0v) is 11.0. The Morgan fingerprint density at radius 2 is 2.18 bits per heavy atom. The van der Waals surface area contributed by atoms with Gasteiger partial charge in [0.15, 0.2) is 6.10 Å². The van der Waals surface area contributed by atoms with Gasteiger partial charge in [-0.1, -0.05) is 17.7 Å². The molecule has 0 saturated carbocycles. The highest BCUT2D eigenvalue weighted by Gasteiger charge is 2.15. The second-order valence-electron chi connectivity index (χ2n) is 3.62. The van der Waals surface area contributed by atoms with Crippen LogP contribution in [0.2, 0.25) is 5.02 Å². The van der Waals surface area contributed by atoms with Gasteiger partial charge < -0.3 is 15.4 Å². The van der Waals surface area contributed by atoms with E-state index in [1.165, 1.54) is 0 Å². The number of carbonyl (C=O) groups excluding carboxylic acids is 1. The molecule has 2 N–H and O–H groups in total. The number of benzene rings is 1. The van der Waals surface area contributed by atoms with Crippen LogP contribution < -0.4 is 15.4 Å². The molecule has 1 aromatic rings. The Bertz CT molecular complexity index is 396. The maximum absolute atomic E-state index is 11.4. The molecule has 1 atom stereocenters. The van der Waals surface area contributed by atoms with E-state index < -0.39 is 6.10 Å². The van der Waals surface area contributed by atoms with Gasteiger partial charge in [0.05, 0.1) is 0 Å². The van der Waals surface area contributed by atoms with Gasteiger partial charge >= 0.3 is 0 Å². The summed E-state index contributed by atoms with van der Waals surface area (Å²) in [6.07, 6.45) is -0.547. The molecule has 0 bridgehead atoms. The summed E-state index contributed by atoms with van der Waals surface area (Å²) in [6.45, 7) is 2.29. The van der Waals surface area contributed by atoms with Gasteiger partial charge in [-0.2, -0.15) is 0 Å². The van der Waals surface area contributed by atoms with Gasteiger partial charge in [-0.15, -0.1) is 0 Å². The Hall–Kier alpha value is -1.26. The number of hydrogen-bond donors (Lipinski definition) is 2. The zero-order chi connectivity index (χ0) is 12.8. The van der Waals surface area contributed by atoms with Gasteiger partial charge in [0, 0.05) is 24.2 Å². The Balaban J connectivity index is 2.90. The van der Waals surface area contributed by atoms with Crippen LogP contribution in [0.15, 0.2) is 18.2 Å². The van der Waals surface area contributed by atoms with Gasteiger partial charge in [0.25, 0.3) is 5.91 Å². The number of rotatable bonds is 5. The molecule has 4 nitrogen and oxygen atoms in total. The SMILES string of the molecule is CNCc1c(Cl)cccc1OC(C)C(=O)NC. The Morgan fingerprint density at radius 3 is 2.76 bits per heavy atom. The predicted octanol–water partition coefficient (Wildman–Crippen LogP) is 1.57. The van der Waals surface area contributed by atoms with E-state index in [1.54, 1.807) is 32.2 Å². The van der Waals surface area contributed by atoms with Crippen molar-refractivity contribution in [3.63, 3.8) is 0 Å². The lowest BCUT2D eigenvalue weighted by Crippen LogP contribution is -2.34. The van der Waals surface area contributed by atoms with E-state index in [0.717, 1.165) is 5.56 Å². The number of hydrogen-bond acceptors (Lipinski definition) is 3. The van der Waals surface area contributed by atoms with Crippen molar-refractivity contribution in [2.24, 2.45) is 0 Å². The Labute approximate surface area is 106 Å². The van der Waals surface area contributed by atoms with Gasteiger partial charge in [-0.05, 0) is 26.1 Å². The van der Waals surface area contributed by atoms with E-state index in [4.69, 9.17) is 16.3 Å². The van der Waals surface area contributed by atoms with Crippen LogP contribution in [0, 0.1) is 0 Å². The van der Waals surface area contributed by atoms with Gasteiger partial charge in [-0.3, -0.25) is 4.79 Å². The van der Waals surface area contributed by atoms with E-state index in [0.29, 0.717) is 17.3 Å². The summed E-state index contributed by atoms with van der Waals surface area (Å²) in [5.74, 6) is 0.461. The molecule has 0 aromatic heterocycles. The maximum Gasteiger partial charge on any atom is 0.260 e. The highest BCUT2D eigenvalue weighted by molar-refractivity contribution is 6.31. The lowest BCUT2D eigenvalue weighted by atomic mass is 10.2. The lowest BCUT2D eigenvalue weighted by molar-refractivity contribution is -0.126. The summed E-state index contributed by atoms with van der Waals surface area (Å²) >= 11 is 6.08. The van der Waals surface area contributed by atoms with E-state index >= 15 is 0 Å². The molecule has 1 aromatic carbocycles. The average molecular weight is 257 g/mol. The van der Waals surface area contributed by atoms with Gasteiger partial charge in [-0.25, -0.2) is 0 Å². The molecule has 0 spiro atoms. The Morgan fingerprint density at radius 1 is 1.47 bits per heavy atom. The molecule has 1 rings (SSSR count). The van der Waals surface area contributed by atoms with Gasteiger partial charge in [0.1, 0.15) is 5.75 Å². The van der Waals surface area contributed by atoms with Crippen molar-refractivity contribution in [1.29, 1.82) is 0 Å². The van der Waals surface area contributed by atoms with Crippen LogP contribution in [0.3, 0.4) is 0 Å². The molecule has 1 amide bonds. The largest absolute Gasteiger partial charge is 0.481 e. The van der Waals surface area contributed by atoms with Crippen LogP contribution in [-0.4, -0.2) is 26.1 Å². The number of carbonyl (C=O) groups is 1. The molecule has 17 heavy (non-hydrogen) atoms. The normalized spacial score (nSPS) is 12.0. The third kappa shape index (κ3) is 3.61. The molecule has 0 radical (unpaired) electrons. The minimum Gasteiger partial charge on any atom is -0.481 e. The lowest BCUT2D eigenvalue weighted by Gasteiger charge is -2.17. The molecule has 0 fully saturated rings. The fourth-order valence-corrected chi connectivity index (χ4v) is 1.68. The van der Waals surface area contributed by atoms with Crippen LogP contribution in [0.1, 0.15) is 12.5 Å². The van der Waals surface area contributed by atoms with Crippen LogP contribution in [0.4, 0.5) is 0 Å². The first-order chi connectivity index (χ1) is 8.10. The van der Waals surface area contributed by atoms with Crippen molar-refractivity contribution >= 4 is 17.5 Å². The number of amides is 1. The summed E-state index contributed by atoms with van der Waals surface area (Å²) in [5, 5.41) is 6.18. The summed E-state index contributed by atoms with van der Waals surface area (Å²) in [5.41, 5.74) is 0.854. The molecule has 5 heteroatoms. The minimum atomic E-state index is -0.547. The fraction of sp³-hybridized carbons (Fsp3) is 0.417. The summed E-state index contributed by atoms with van der Waals surface area (Å²) in [4.78, 5) is 11.4. The number of likely N-dealkylation sites (N-methyl/N-ethyl adjacent to an activating group) is 1. The van der Waals surface area contributed by atoms with Crippen molar-refractivity contribution < 1.29 is 9.53 Å². The predicted molar refractivity (Wildman–Crippen MR) is 68.4 cm³/mol. The summed E-state index contributed by atoms with van der Waals surface area (Å²) in [7, 11) is 3.41. The van der Waals surface area contributed by atoms with E-state index in [2.05, 4.69) is 10.6 Å².